The monoisotopic (exact) mass is 744 g/mol. The Labute approximate surface area is 241 Å². The van der Waals surface area contributed by atoms with Crippen LogP contribution in [0.1, 0.15) is 0 Å². The minimum atomic E-state index is -5.75. The van der Waals surface area contributed by atoms with Gasteiger partial charge in [-0.25, -0.2) is 0 Å². The van der Waals surface area contributed by atoms with E-state index >= 15 is 0 Å². The zero-order chi connectivity index (χ0) is 27.7. The molecule has 0 N–H and O–H groups in total. The first-order valence-corrected chi connectivity index (χ1v) is 21.3. The van der Waals surface area contributed by atoms with Crippen LogP contribution in [0, 0.1) is 123 Å². The molecule has 35 heavy (non-hydrogen) atoms. The Hall–Kier alpha value is -1.76. The zero-order valence-corrected chi connectivity index (χ0v) is 26.0. The third kappa shape index (κ3) is 8.69. The fraction of sp³-hybridized carbons (Fsp3) is 0. The van der Waals surface area contributed by atoms with E-state index in [2.05, 4.69) is 0 Å². The summed E-state index contributed by atoms with van der Waals surface area (Å²) in [6.07, 6.45) is 0. The van der Waals surface area contributed by atoms with Crippen LogP contribution in [0.4, 0.5) is 0 Å². The van der Waals surface area contributed by atoms with Gasteiger partial charge in [-0.3, -0.25) is 0 Å². The molecule has 0 saturated carbocycles. The number of halogens is 6. The van der Waals surface area contributed by atoms with Crippen molar-refractivity contribution in [3.05, 3.63) is 0 Å². The van der Waals surface area contributed by atoms with E-state index in [1.807, 2.05) is 0 Å². The number of hydrogen-bond donors (Lipinski definition) is 0. The number of rotatable bonds is 0. The van der Waals surface area contributed by atoms with Crippen molar-refractivity contribution in [3.63, 3.8) is 0 Å². The van der Waals surface area contributed by atoms with Crippen LogP contribution in [0.15, 0.2) is 0 Å². The van der Waals surface area contributed by atoms with Crippen molar-refractivity contribution in [2.75, 3.05) is 0 Å². The molecule has 0 aromatic heterocycles. The number of nitrogens with zero attached hydrogens (tertiary/aromatic N) is 12. The van der Waals surface area contributed by atoms with E-state index in [-0.39, 0.29) is 34.7 Å². The third-order valence-electron chi connectivity index (χ3n) is 2.14. The SMILES string of the molecule is N#[C][Fe-2]([Cl])([Cl])([C]#N)([C]#N)[C]#N.N#[C][Fe-2]([Cl])([Cl])([C]#N)([C]#N)[C]#N.N#[C][Fe-2]([Cl])([Cl])([C]#N)([C]#N)[C]#N.[Al+3].[Al+3]. The molecule has 0 aromatic carbocycles. The molecule has 0 bridgehead atoms. The largest absolute Gasteiger partial charge is 3.00 e. The molecule has 0 atom stereocenters. The summed E-state index contributed by atoms with van der Waals surface area (Å²) < 4.78 is 0. The van der Waals surface area contributed by atoms with Gasteiger partial charge in [0.1, 0.15) is 0 Å². The van der Waals surface area contributed by atoms with Crippen LogP contribution in [0.25, 0.3) is 0 Å². The summed E-state index contributed by atoms with van der Waals surface area (Å²) in [5.74, 6) is 0. The molecule has 0 fully saturated rings. The summed E-state index contributed by atoms with van der Waals surface area (Å²) in [5, 5.41) is 101. The second-order valence-corrected chi connectivity index (χ2v) is 35.9. The molecular weight excluding hydrogens is 746 g/mol. The second-order valence-electron chi connectivity index (χ2n) is 4.29. The van der Waals surface area contributed by atoms with Crippen LogP contribution in [0.3, 0.4) is 0 Å². The topological polar surface area (TPSA) is 285 Å². The van der Waals surface area contributed by atoms with Gasteiger partial charge in [0, 0.05) is 0 Å². The van der Waals surface area contributed by atoms with Gasteiger partial charge in [-0.05, 0) is 0 Å². The summed E-state index contributed by atoms with van der Waals surface area (Å²) >= 11 is 0. The van der Waals surface area contributed by atoms with Crippen LogP contribution >= 0.6 is 60.6 Å². The fourth-order valence-electron chi connectivity index (χ4n) is 0.318. The van der Waals surface area contributed by atoms with Gasteiger partial charge >= 0.3 is 245 Å². The molecule has 0 spiro atoms. The van der Waals surface area contributed by atoms with Gasteiger partial charge in [0.2, 0.25) is 0 Å². The number of hydrogen-bond acceptors (Lipinski definition) is 12. The Morgan fingerprint density at radius 3 is 0.314 bits per heavy atom. The summed E-state index contributed by atoms with van der Waals surface area (Å²) in [6.45, 7) is 0. The summed E-state index contributed by atoms with van der Waals surface area (Å²) in [5.41, 5.74) is 0. The minimum Gasteiger partial charge on any atom is 3.00 e. The van der Waals surface area contributed by atoms with E-state index in [0.29, 0.717) is 0 Å². The Balaban J connectivity index is -0.000000125. The van der Waals surface area contributed by atoms with E-state index in [0.717, 1.165) is 59.6 Å². The zero-order valence-electron chi connectivity index (χ0n) is 15.8. The van der Waals surface area contributed by atoms with Gasteiger partial charge in [-0.1, -0.05) is 0 Å². The molecule has 0 rings (SSSR count). The Bertz CT molecular complexity index is 1120. The summed E-state index contributed by atoms with van der Waals surface area (Å²) in [4.78, 5) is 13.3. The van der Waals surface area contributed by atoms with Crippen molar-refractivity contribution < 1.29 is 26.7 Å². The van der Waals surface area contributed by atoms with Gasteiger partial charge in [-0.15, -0.1) is 0 Å². The van der Waals surface area contributed by atoms with E-state index < -0.39 is 26.7 Å². The average molecular weight is 746 g/mol. The van der Waals surface area contributed by atoms with Gasteiger partial charge in [0.25, 0.3) is 0 Å². The third-order valence-corrected chi connectivity index (χ3v) is 14.7. The standard InChI is InChI=1S/12CN.2Al.6ClH.3Fe/c12*1-2;;;;;;;;;;;/h;;;;;;;;;;;;;;6*1H;;;/q;;;;;;;;;;;;2*+3;;;;;;;;;/p-6. The van der Waals surface area contributed by atoms with Gasteiger partial charge in [0.05, 0.1) is 0 Å². The quantitative estimate of drug-likeness (QED) is 0.322. The first kappa shape index (κ1) is 43.3. The molecule has 0 radical (unpaired) electrons. The molecule has 0 heterocycles. The molecule has 23 heteroatoms. The van der Waals surface area contributed by atoms with Gasteiger partial charge in [0.15, 0.2) is 0 Å². The van der Waals surface area contributed by atoms with E-state index in [4.69, 9.17) is 124 Å². The van der Waals surface area contributed by atoms with Crippen LogP contribution in [0.5, 0.6) is 0 Å². The molecule has 0 unspecified atom stereocenters. The van der Waals surface area contributed by atoms with Crippen molar-refractivity contribution >= 4 is 95.3 Å². The van der Waals surface area contributed by atoms with E-state index in [1.165, 1.54) is 0 Å². The van der Waals surface area contributed by atoms with E-state index in [9.17, 15) is 0 Å². The Morgan fingerprint density at radius 2 is 0.314 bits per heavy atom. The van der Waals surface area contributed by atoms with Gasteiger partial charge in [-0.2, -0.15) is 0 Å². The van der Waals surface area contributed by atoms with Crippen LogP contribution < -0.4 is 0 Å². The second kappa shape index (κ2) is 10.3. The van der Waals surface area contributed by atoms with Crippen LogP contribution in [-0.2, 0) is 26.7 Å². The Kier molecular flexibility index (Phi) is 12.8. The first-order valence-electron chi connectivity index (χ1n) is 5.61. The van der Waals surface area contributed by atoms with E-state index in [1.54, 1.807) is 0 Å². The average Bonchev–Trinajstić information content (AvgIpc) is 2.87. The molecule has 12 nitrogen and oxygen atoms in total. The first-order chi connectivity index (χ1) is 14.4. The maximum Gasteiger partial charge on any atom is 3.00 e. The minimum absolute atomic E-state index is 0. The van der Waals surface area contributed by atoms with Crippen LogP contribution in [-0.4, -0.2) is 34.7 Å². The smallest absolute Gasteiger partial charge is 3.00 e. The maximum absolute atomic E-state index is 8.38. The van der Waals surface area contributed by atoms with Crippen molar-refractivity contribution in [1.29, 1.82) is 63.1 Å². The summed E-state index contributed by atoms with van der Waals surface area (Å²) in [7, 11) is 14.3. The fourth-order valence-corrected chi connectivity index (χ4v) is 1.31. The van der Waals surface area contributed by atoms with Crippen molar-refractivity contribution in [2.24, 2.45) is 0 Å². The molecule has 0 aliphatic rings. The molecule has 0 saturated heterocycles. The molecule has 0 amide bonds. The molecule has 0 aliphatic carbocycles. The van der Waals surface area contributed by atoms with Crippen molar-refractivity contribution in [1.82, 2.24) is 0 Å². The Morgan fingerprint density at radius 1 is 0.257 bits per heavy atom. The predicted molar refractivity (Wildman–Crippen MR) is 114 cm³/mol. The summed E-state index contributed by atoms with van der Waals surface area (Å²) in [6, 6.07) is 0. The predicted octanol–water partition coefficient (Wildman–Crippen LogP) is 3.57. The molecule has 0 aromatic rings. The van der Waals surface area contributed by atoms with Crippen LogP contribution in [0.2, 0.25) is 0 Å². The van der Waals surface area contributed by atoms with Gasteiger partial charge < -0.3 is 0 Å². The molecule has 180 valence electrons. The number of nitriles is 12. The normalized spacial score (nSPS) is 14.6. The van der Waals surface area contributed by atoms with Crippen molar-refractivity contribution in [3.8, 4) is 59.6 Å². The molecular formula is C12Al2Cl6Fe3N12. The maximum atomic E-state index is 8.38. The van der Waals surface area contributed by atoms with Crippen molar-refractivity contribution in [2.45, 2.75) is 0 Å². The molecule has 0 aliphatic heterocycles.